The van der Waals surface area contributed by atoms with E-state index in [-0.39, 0.29) is 17.9 Å². The summed E-state index contributed by atoms with van der Waals surface area (Å²) in [6.45, 7) is 1.52. The Kier molecular flexibility index (Phi) is 4.19. The van der Waals surface area contributed by atoms with Crippen LogP contribution in [0, 0.1) is 5.82 Å². The van der Waals surface area contributed by atoms with Gasteiger partial charge >= 0.3 is 6.01 Å². The molecule has 1 aliphatic heterocycles. The Bertz CT molecular complexity index is 665. The van der Waals surface area contributed by atoms with Crippen molar-refractivity contribution in [1.82, 2.24) is 19.9 Å². The number of nitrogen functional groups attached to an aromatic ring is 1. The summed E-state index contributed by atoms with van der Waals surface area (Å²) in [7, 11) is 0. The molecular weight excluding hydrogens is 311 g/mol. The second kappa shape index (κ2) is 6.27. The summed E-state index contributed by atoms with van der Waals surface area (Å²) in [6, 6.07) is 1.83. The smallest absolute Gasteiger partial charge is 0.318 e. The predicted molar refractivity (Wildman–Crippen MR) is 79.3 cm³/mol. The van der Waals surface area contributed by atoms with Crippen LogP contribution in [0.4, 0.5) is 16.0 Å². The summed E-state index contributed by atoms with van der Waals surface area (Å²) in [4.78, 5) is 17.7. The highest BCUT2D eigenvalue weighted by Crippen LogP contribution is 2.22. The molecule has 7 nitrogen and oxygen atoms in total. The topological polar surface area (TPSA) is 90.1 Å². The largest absolute Gasteiger partial charge is 0.460 e. The van der Waals surface area contributed by atoms with Gasteiger partial charge in [0, 0.05) is 32.0 Å². The van der Waals surface area contributed by atoms with Crippen LogP contribution in [0.3, 0.4) is 0 Å². The molecular formula is C13H14ClFN6O. The first-order valence-electron chi connectivity index (χ1n) is 6.79. The SMILES string of the molecule is Nc1nc(OC2CCN(c3cc(Cl)ncn3)CC2)ncc1F. The minimum Gasteiger partial charge on any atom is -0.460 e. The number of rotatable bonds is 3. The quantitative estimate of drug-likeness (QED) is 0.859. The first-order valence-corrected chi connectivity index (χ1v) is 7.17. The molecule has 0 saturated carbocycles. The Morgan fingerprint density at radius 2 is 2.05 bits per heavy atom. The summed E-state index contributed by atoms with van der Waals surface area (Å²) in [5.41, 5.74) is 5.40. The average molecular weight is 325 g/mol. The second-order valence-electron chi connectivity index (χ2n) is 4.89. The van der Waals surface area contributed by atoms with Gasteiger partial charge < -0.3 is 15.4 Å². The van der Waals surface area contributed by atoms with Gasteiger partial charge in [0.05, 0.1) is 6.20 Å². The van der Waals surface area contributed by atoms with Crippen molar-refractivity contribution in [3.8, 4) is 6.01 Å². The van der Waals surface area contributed by atoms with Gasteiger partial charge in [-0.15, -0.1) is 0 Å². The average Bonchev–Trinajstić information content (AvgIpc) is 2.52. The molecule has 0 radical (unpaired) electrons. The van der Waals surface area contributed by atoms with E-state index in [1.807, 2.05) is 0 Å². The molecule has 2 aromatic rings. The maximum absolute atomic E-state index is 13.0. The van der Waals surface area contributed by atoms with E-state index in [1.54, 1.807) is 6.07 Å². The van der Waals surface area contributed by atoms with E-state index < -0.39 is 5.82 Å². The molecule has 0 aromatic carbocycles. The molecule has 22 heavy (non-hydrogen) atoms. The molecule has 2 aromatic heterocycles. The van der Waals surface area contributed by atoms with Crippen LogP contribution in [0.5, 0.6) is 6.01 Å². The Labute approximate surface area is 131 Å². The van der Waals surface area contributed by atoms with E-state index in [2.05, 4.69) is 24.8 Å². The van der Waals surface area contributed by atoms with Crippen LogP contribution in [-0.2, 0) is 0 Å². The number of hydrogen-bond acceptors (Lipinski definition) is 7. The van der Waals surface area contributed by atoms with Crippen LogP contribution >= 0.6 is 11.6 Å². The zero-order chi connectivity index (χ0) is 15.5. The van der Waals surface area contributed by atoms with Crippen LogP contribution < -0.4 is 15.4 Å². The Morgan fingerprint density at radius 1 is 1.27 bits per heavy atom. The third-order valence-electron chi connectivity index (χ3n) is 3.41. The Balaban J connectivity index is 1.58. The highest BCUT2D eigenvalue weighted by molar-refractivity contribution is 6.29. The number of anilines is 2. The first-order chi connectivity index (χ1) is 10.6. The maximum Gasteiger partial charge on any atom is 0.318 e. The molecule has 3 heterocycles. The normalized spacial score (nSPS) is 15.8. The monoisotopic (exact) mass is 324 g/mol. The van der Waals surface area contributed by atoms with Gasteiger partial charge in [0.15, 0.2) is 11.6 Å². The van der Waals surface area contributed by atoms with Gasteiger partial charge in [-0.3, -0.25) is 0 Å². The molecule has 0 unspecified atom stereocenters. The van der Waals surface area contributed by atoms with E-state index in [1.165, 1.54) is 6.33 Å². The molecule has 0 aliphatic carbocycles. The van der Waals surface area contributed by atoms with Gasteiger partial charge in [-0.25, -0.2) is 19.3 Å². The standard InChI is InChI=1S/C13H14ClFN6O/c14-10-5-11(19-7-18-10)21-3-1-8(2-4-21)22-13-17-6-9(15)12(16)20-13/h5-8H,1-4H2,(H2,16,17,20). The predicted octanol–water partition coefficient (Wildman–Crippen LogP) is 1.69. The maximum atomic E-state index is 13.0. The van der Waals surface area contributed by atoms with Crippen molar-refractivity contribution in [2.75, 3.05) is 23.7 Å². The van der Waals surface area contributed by atoms with Gasteiger partial charge in [-0.05, 0) is 0 Å². The van der Waals surface area contributed by atoms with Crippen molar-refractivity contribution >= 4 is 23.2 Å². The first kappa shape index (κ1) is 14.7. The Hall–Kier alpha value is -2.22. The van der Waals surface area contributed by atoms with Gasteiger partial charge in [-0.2, -0.15) is 4.98 Å². The molecule has 9 heteroatoms. The summed E-state index contributed by atoms with van der Waals surface area (Å²) in [5.74, 6) is -0.0680. The van der Waals surface area contributed by atoms with Crippen molar-refractivity contribution in [3.63, 3.8) is 0 Å². The Morgan fingerprint density at radius 3 is 2.73 bits per heavy atom. The molecule has 1 aliphatic rings. The number of halogens is 2. The molecule has 1 fully saturated rings. The highest BCUT2D eigenvalue weighted by atomic mass is 35.5. The minimum absolute atomic E-state index is 0.0431. The van der Waals surface area contributed by atoms with E-state index in [4.69, 9.17) is 22.1 Å². The van der Waals surface area contributed by atoms with Crippen molar-refractivity contribution in [2.45, 2.75) is 18.9 Å². The molecule has 1 saturated heterocycles. The lowest BCUT2D eigenvalue weighted by Crippen LogP contribution is -2.39. The van der Waals surface area contributed by atoms with Crippen LogP contribution in [-0.4, -0.2) is 39.1 Å². The van der Waals surface area contributed by atoms with Crippen molar-refractivity contribution < 1.29 is 9.13 Å². The van der Waals surface area contributed by atoms with Crippen molar-refractivity contribution in [3.05, 3.63) is 29.6 Å². The van der Waals surface area contributed by atoms with E-state index in [0.29, 0.717) is 5.15 Å². The van der Waals surface area contributed by atoms with Crippen LogP contribution in [0.25, 0.3) is 0 Å². The van der Waals surface area contributed by atoms with Crippen LogP contribution in [0.15, 0.2) is 18.6 Å². The van der Waals surface area contributed by atoms with Crippen molar-refractivity contribution in [1.29, 1.82) is 0 Å². The molecule has 2 N–H and O–H groups in total. The summed E-state index contributed by atoms with van der Waals surface area (Å²) >= 11 is 5.87. The summed E-state index contributed by atoms with van der Waals surface area (Å²) in [6.07, 6.45) is 3.94. The van der Waals surface area contributed by atoms with Gasteiger partial charge in [0.2, 0.25) is 0 Å². The molecule has 0 atom stereocenters. The second-order valence-corrected chi connectivity index (χ2v) is 5.28. The number of piperidine rings is 1. The number of aromatic nitrogens is 4. The van der Waals surface area contributed by atoms with E-state index in [0.717, 1.165) is 37.9 Å². The van der Waals surface area contributed by atoms with Crippen LogP contribution in [0.2, 0.25) is 5.15 Å². The molecule has 0 amide bonds. The lowest BCUT2D eigenvalue weighted by Gasteiger charge is -2.32. The lowest BCUT2D eigenvalue weighted by atomic mass is 10.1. The zero-order valence-corrected chi connectivity index (χ0v) is 12.4. The number of ether oxygens (including phenoxy) is 1. The van der Waals surface area contributed by atoms with E-state index >= 15 is 0 Å². The molecule has 0 bridgehead atoms. The fourth-order valence-corrected chi connectivity index (χ4v) is 2.41. The minimum atomic E-state index is -0.650. The number of hydrogen-bond donors (Lipinski definition) is 1. The zero-order valence-electron chi connectivity index (χ0n) is 11.6. The van der Waals surface area contributed by atoms with Crippen LogP contribution in [0.1, 0.15) is 12.8 Å². The number of nitrogens with two attached hydrogens (primary N) is 1. The molecule has 3 rings (SSSR count). The molecule has 116 valence electrons. The van der Waals surface area contributed by atoms with Gasteiger partial charge in [-0.1, -0.05) is 11.6 Å². The lowest BCUT2D eigenvalue weighted by molar-refractivity contribution is 0.156. The fourth-order valence-electron chi connectivity index (χ4n) is 2.27. The number of nitrogens with zero attached hydrogens (tertiary/aromatic N) is 5. The third kappa shape index (κ3) is 3.33. The summed E-state index contributed by atoms with van der Waals surface area (Å²) < 4.78 is 18.7. The van der Waals surface area contributed by atoms with Gasteiger partial charge in [0.1, 0.15) is 23.4 Å². The van der Waals surface area contributed by atoms with Crippen molar-refractivity contribution in [2.24, 2.45) is 0 Å². The van der Waals surface area contributed by atoms with Gasteiger partial charge in [0.25, 0.3) is 0 Å². The highest BCUT2D eigenvalue weighted by Gasteiger charge is 2.22. The van der Waals surface area contributed by atoms with E-state index in [9.17, 15) is 4.39 Å². The summed E-state index contributed by atoms with van der Waals surface area (Å²) in [5, 5.41) is 0.415. The molecule has 0 spiro atoms. The third-order valence-corrected chi connectivity index (χ3v) is 3.61. The fraction of sp³-hybridized carbons (Fsp3) is 0.385.